The minimum absolute atomic E-state index is 0. The molecule has 0 radical (unpaired) electrons. The molecule has 126 valence electrons. The van der Waals surface area contributed by atoms with Gasteiger partial charge in [-0.3, -0.25) is 4.99 Å². The maximum atomic E-state index is 5.04. The molecule has 1 saturated carbocycles. The van der Waals surface area contributed by atoms with Gasteiger partial charge >= 0.3 is 0 Å². The Morgan fingerprint density at radius 1 is 1.24 bits per heavy atom. The fourth-order valence-electron chi connectivity index (χ4n) is 2.98. The Morgan fingerprint density at radius 2 is 1.90 bits per heavy atom. The van der Waals surface area contributed by atoms with E-state index in [1.54, 1.807) is 7.11 Å². The SMILES string of the molecule is CN=C(NCCOC)NCC(C1CCCCC1)N(C)C.I. The summed E-state index contributed by atoms with van der Waals surface area (Å²) in [5.74, 6) is 1.67. The van der Waals surface area contributed by atoms with Gasteiger partial charge in [0.2, 0.25) is 0 Å². The van der Waals surface area contributed by atoms with Crippen LogP contribution in [-0.2, 0) is 4.74 Å². The van der Waals surface area contributed by atoms with Gasteiger partial charge in [-0.1, -0.05) is 19.3 Å². The van der Waals surface area contributed by atoms with Crippen molar-refractivity contribution < 1.29 is 4.74 Å². The van der Waals surface area contributed by atoms with Gasteiger partial charge in [0.05, 0.1) is 6.61 Å². The van der Waals surface area contributed by atoms with Crippen molar-refractivity contribution in [2.45, 2.75) is 38.1 Å². The highest BCUT2D eigenvalue weighted by Crippen LogP contribution is 2.27. The number of rotatable bonds is 7. The van der Waals surface area contributed by atoms with E-state index in [1.165, 1.54) is 32.1 Å². The molecule has 0 bridgehead atoms. The smallest absolute Gasteiger partial charge is 0.191 e. The van der Waals surface area contributed by atoms with Crippen LogP contribution in [-0.4, -0.2) is 64.9 Å². The lowest BCUT2D eigenvalue weighted by atomic mass is 9.83. The molecule has 1 aliphatic carbocycles. The highest BCUT2D eigenvalue weighted by atomic mass is 127. The van der Waals surface area contributed by atoms with Gasteiger partial charge in [-0.05, 0) is 32.9 Å². The van der Waals surface area contributed by atoms with Crippen LogP contribution in [0.25, 0.3) is 0 Å². The molecule has 1 unspecified atom stereocenters. The van der Waals surface area contributed by atoms with Crippen LogP contribution in [0.4, 0.5) is 0 Å². The Morgan fingerprint density at radius 3 is 2.43 bits per heavy atom. The van der Waals surface area contributed by atoms with E-state index in [1.807, 2.05) is 7.05 Å². The first-order valence-corrected chi connectivity index (χ1v) is 7.79. The number of hydrogen-bond donors (Lipinski definition) is 2. The minimum atomic E-state index is 0. The summed E-state index contributed by atoms with van der Waals surface area (Å²) >= 11 is 0. The summed E-state index contributed by atoms with van der Waals surface area (Å²) in [4.78, 5) is 6.61. The Bertz CT molecular complexity index is 281. The maximum absolute atomic E-state index is 5.04. The van der Waals surface area contributed by atoms with Crippen LogP contribution in [0.5, 0.6) is 0 Å². The number of aliphatic imine (C=N–C) groups is 1. The zero-order valence-corrected chi connectivity index (χ0v) is 16.4. The fraction of sp³-hybridized carbons (Fsp3) is 0.933. The molecule has 0 amide bonds. The van der Waals surface area contributed by atoms with Crippen LogP contribution in [0.2, 0.25) is 0 Å². The van der Waals surface area contributed by atoms with E-state index in [0.717, 1.165) is 25.0 Å². The Balaban J connectivity index is 0.00000400. The molecule has 1 fully saturated rings. The first kappa shape index (κ1) is 20.9. The summed E-state index contributed by atoms with van der Waals surface area (Å²) in [5.41, 5.74) is 0. The summed E-state index contributed by atoms with van der Waals surface area (Å²) in [6.07, 6.45) is 6.90. The molecule has 6 heteroatoms. The normalized spacial score (nSPS) is 18.2. The van der Waals surface area contributed by atoms with Gasteiger partial charge < -0.3 is 20.3 Å². The first-order chi connectivity index (χ1) is 9.69. The predicted octanol–water partition coefficient (Wildman–Crippen LogP) is 1.93. The van der Waals surface area contributed by atoms with Crippen LogP contribution >= 0.6 is 24.0 Å². The van der Waals surface area contributed by atoms with Crippen molar-refractivity contribution in [1.82, 2.24) is 15.5 Å². The van der Waals surface area contributed by atoms with Gasteiger partial charge in [-0.2, -0.15) is 0 Å². The van der Waals surface area contributed by atoms with Crippen molar-refractivity contribution in [2.24, 2.45) is 10.9 Å². The predicted molar refractivity (Wildman–Crippen MR) is 101 cm³/mol. The fourth-order valence-corrected chi connectivity index (χ4v) is 2.98. The third-order valence-electron chi connectivity index (χ3n) is 4.16. The average molecular weight is 412 g/mol. The van der Waals surface area contributed by atoms with E-state index >= 15 is 0 Å². The molecule has 21 heavy (non-hydrogen) atoms. The molecule has 0 aromatic rings. The monoisotopic (exact) mass is 412 g/mol. The minimum Gasteiger partial charge on any atom is -0.383 e. The van der Waals surface area contributed by atoms with Crippen LogP contribution in [0.1, 0.15) is 32.1 Å². The Hall–Kier alpha value is -0.0800. The van der Waals surface area contributed by atoms with E-state index in [-0.39, 0.29) is 24.0 Å². The summed E-state index contributed by atoms with van der Waals surface area (Å²) in [7, 11) is 7.89. The lowest BCUT2D eigenvalue weighted by Gasteiger charge is -2.35. The number of guanidine groups is 1. The van der Waals surface area contributed by atoms with Crippen molar-refractivity contribution in [3.63, 3.8) is 0 Å². The number of methoxy groups -OCH3 is 1. The van der Waals surface area contributed by atoms with Gasteiger partial charge in [0.1, 0.15) is 0 Å². The second kappa shape index (κ2) is 12.5. The van der Waals surface area contributed by atoms with Gasteiger partial charge in [-0.25, -0.2) is 0 Å². The summed E-state index contributed by atoms with van der Waals surface area (Å²) in [5, 5.41) is 6.71. The van der Waals surface area contributed by atoms with E-state index in [2.05, 4.69) is 34.6 Å². The summed E-state index contributed by atoms with van der Waals surface area (Å²) in [6, 6.07) is 0.580. The quantitative estimate of drug-likeness (QED) is 0.290. The molecule has 1 rings (SSSR count). The third-order valence-corrected chi connectivity index (χ3v) is 4.16. The molecule has 1 atom stereocenters. The van der Waals surface area contributed by atoms with E-state index in [0.29, 0.717) is 12.6 Å². The van der Waals surface area contributed by atoms with Crippen molar-refractivity contribution >= 4 is 29.9 Å². The van der Waals surface area contributed by atoms with E-state index < -0.39 is 0 Å². The second-order valence-electron chi connectivity index (χ2n) is 5.80. The van der Waals surface area contributed by atoms with Gasteiger partial charge in [0.25, 0.3) is 0 Å². The van der Waals surface area contributed by atoms with Crippen molar-refractivity contribution in [3.8, 4) is 0 Å². The molecule has 2 N–H and O–H groups in total. The van der Waals surface area contributed by atoms with E-state index in [9.17, 15) is 0 Å². The van der Waals surface area contributed by atoms with E-state index in [4.69, 9.17) is 4.74 Å². The topological polar surface area (TPSA) is 48.9 Å². The second-order valence-corrected chi connectivity index (χ2v) is 5.80. The largest absolute Gasteiger partial charge is 0.383 e. The molecule has 0 aliphatic heterocycles. The van der Waals surface area contributed by atoms with Gasteiger partial charge in [0, 0.05) is 33.3 Å². The number of likely N-dealkylation sites (N-methyl/N-ethyl adjacent to an activating group) is 1. The van der Waals surface area contributed by atoms with Crippen LogP contribution in [0.15, 0.2) is 4.99 Å². The maximum Gasteiger partial charge on any atom is 0.191 e. The van der Waals surface area contributed by atoms with Gasteiger partial charge in [0.15, 0.2) is 5.96 Å². The molecular weight excluding hydrogens is 379 g/mol. The molecule has 5 nitrogen and oxygen atoms in total. The van der Waals surface area contributed by atoms with Crippen molar-refractivity contribution in [3.05, 3.63) is 0 Å². The Labute approximate surface area is 147 Å². The molecule has 1 aliphatic rings. The van der Waals surface area contributed by atoms with Crippen molar-refractivity contribution in [2.75, 3.05) is 47.9 Å². The number of ether oxygens (including phenoxy) is 1. The number of nitrogens with zero attached hydrogens (tertiary/aromatic N) is 2. The lowest BCUT2D eigenvalue weighted by molar-refractivity contribution is 0.171. The standard InChI is InChI=1S/C15H32N4O.HI/c1-16-15(17-10-11-20-4)18-12-14(19(2)3)13-8-6-5-7-9-13;/h13-14H,5-12H2,1-4H3,(H2,16,17,18);1H. The third kappa shape index (κ3) is 8.21. The van der Waals surface area contributed by atoms with Crippen LogP contribution in [0, 0.1) is 5.92 Å². The highest BCUT2D eigenvalue weighted by Gasteiger charge is 2.25. The molecule has 0 saturated heterocycles. The zero-order chi connectivity index (χ0) is 14.8. The average Bonchev–Trinajstić information content (AvgIpc) is 2.46. The molecule has 0 aromatic heterocycles. The molecule has 0 heterocycles. The van der Waals surface area contributed by atoms with Crippen LogP contribution < -0.4 is 10.6 Å². The Kier molecular flexibility index (Phi) is 12.4. The lowest BCUT2D eigenvalue weighted by Crippen LogP contribution is -2.48. The molecule has 0 spiro atoms. The first-order valence-electron chi connectivity index (χ1n) is 7.79. The summed E-state index contributed by atoms with van der Waals surface area (Å²) < 4.78 is 5.04. The molecule has 0 aromatic carbocycles. The number of hydrogen-bond acceptors (Lipinski definition) is 3. The van der Waals surface area contributed by atoms with Crippen molar-refractivity contribution in [1.29, 1.82) is 0 Å². The highest BCUT2D eigenvalue weighted by molar-refractivity contribution is 14.0. The summed E-state index contributed by atoms with van der Waals surface area (Å²) in [6.45, 7) is 2.43. The zero-order valence-electron chi connectivity index (χ0n) is 14.0. The van der Waals surface area contributed by atoms with Crippen LogP contribution in [0.3, 0.4) is 0 Å². The van der Waals surface area contributed by atoms with Gasteiger partial charge in [-0.15, -0.1) is 24.0 Å². The number of halogens is 1. The molecular formula is C15H33IN4O. The number of nitrogens with one attached hydrogen (secondary N) is 2.